The number of rotatable bonds is 1. The summed E-state index contributed by atoms with van der Waals surface area (Å²) >= 11 is 0. The van der Waals surface area contributed by atoms with Crippen molar-refractivity contribution in [3.63, 3.8) is 0 Å². The Bertz CT molecular complexity index is 176. The Kier molecular flexibility index (Phi) is 2.08. The van der Waals surface area contributed by atoms with Gasteiger partial charge in [0.05, 0.1) is 0 Å². The normalized spacial score (nSPS) is 24.5. The molecule has 1 saturated heterocycles. The summed E-state index contributed by atoms with van der Waals surface area (Å²) < 4.78 is 6.91. The molecule has 0 aromatic carbocycles. The average molecular weight is 158 g/mol. The molecule has 0 spiro atoms. The van der Waals surface area contributed by atoms with Crippen LogP contribution in [-0.4, -0.2) is 30.9 Å². The molecule has 2 N–H and O–H groups in total. The minimum Gasteiger partial charge on any atom is -0.345 e. The lowest BCUT2D eigenvalue weighted by atomic mass is 9.81. The van der Waals surface area contributed by atoms with Crippen LogP contribution < -0.4 is 5.73 Å². The summed E-state index contributed by atoms with van der Waals surface area (Å²) in [6.45, 7) is 4.19. The first-order chi connectivity index (χ1) is 5.57. The van der Waals surface area contributed by atoms with Gasteiger partial charge in [-0.05, 0) is 24.8 Å². The number of amides is 1. The van der Waals surface area contributed by atoms with Crippen molar-refractivity contribution in [3.8, 4) is 0 Å². The summed E-state index contributed by atoms with van der Waals surface area (Å²) in [5.41, 5.74) is 5.80. The Labute approximate surface area is 69.0 Å². The summed E-state index contributed by atoms with van der Waals surface area (Å²) in [4.78, 5) is 12.2. The van der Waals surface area contributed by atoms with E-state index in [0.29, 0.717) is 19.6 Å². The molecule has 3 heteroatoms. The number of nitrogens with zero attached hydrogens (tertiary/aromatic N) is 1. The fraction of sp³-hybridized carbons (Fsp3) is 0.875. The van der Waals surface area contributed by atoms with Crippen molar-refractivity contribution in [3.05, 3.63) is 0 Å². The maximum atomic E-state index is 10.7. The van der Waals surface area contributed by atoms with Crippen LogP contribution in [0.2, 0.25) is 0 Å². The molecule has 1 aliphatic rings. The first-order valence-electron chi connectivity index (χ1n) is 4.53. The zero-order valence-electron chi connectivity index (χ0n) is 7.97. The molecule has 3 nitrogen and oxygen atoms in total. The van der Waals surface area contributed by atoms with Crippen LogP contribution in [0, 0.1) is 5.41 Å². The summed E-state index contributed by atoms with van der Waals surface area (Å²) in [6, 6.07) is 0. The Morgan fingerprint density at radius 2 is 2.27 bits per heavy atom. The van der Waals surface area contributed by atoms with Gasteiger partial charge < -0.3 is 10.6 Å². The fourth-order valence-electron chi connectivity index (χ4n) is 1.34. The van der Waals surface area contributed by atoms with E-state index in [1.54, 1.807) is 4.90 Å². The van der Waals surface area contributed by atoms with E-state index in [-0.39, 0.29) is 5.41 Å². The molecule has 0 radical (unpaired) electrons. The molecule has 0 saturated carbocycles. The van der Waals surface area contributed by atoms with E-state index in [2.05, 4.69) is 6.92 Å². The second-order valence-corrected chi connectivity index (χ2v) is 3.59. The van der Waals surface area contributed by atoms with Crippen LogP contribution in [0.5, 0.6) is 0 Å². The molecule has 0 aliphatic carbocycles. The summed E-state index contributed by atoms with van der Waals surface area (Å²) in [6.07, 6.45) is 1.29. The zero-order chi connectivity index (χ0) is 9.19. The molecule has 0 unspecified atom stereocenters. The molecule has 1 fully saturated rings. The topological polar surface area (TPSA) is 46.3 Å². The monoisotopic (exact) mass is 158 g/mol. The van der Waals surface area contributed by atoms with E-state index >= 15 is 0 Å². The van der Waals surface area contributed by atoms with E-state index in [0.717, 1.165) is 12.8 Å². The van der Waals surface area contributed by atoms with E-state index in [1.807, 2.05) is 0 Å². The second-order valence-electron chi connectivity index (χ2n) is 3.59. The number of carbonyl (C=O) groups is 1. The molecule has 0 atom stereocenters. The highest BCUT2D eigenvalue weighted by Gasteiger charge is 2.27. The van der Waals surface area contributed by atoms with Crippen molar-refractivity contribution >= 4 is 6.39 Å². The number of hydrogen-bond donors (Lipinski definition) is 1. The van der Waals surface area contributed by atoms with Gasteiger partial charge in [-0.25, -0.2) is 0 Å². The minimum atomic E-state index is -0.561. The molecule has 1 aliphatic heterocycles. The maximum Gasteiger partial charge on any atom is 0.209 e. The lowest BCUT2D eigenvalue weighted by Crippen LogP contribution is -2.41. The highest BCUT2D eigenvalue weighted by Crippen LogP contribution is 2.28. The number of piperidine rings is 1. The number of nitrogens with two attached hydrogens (primary N) is 1. The van der Waals surface area contributed by atoms with Crippen LogP contribution in [0.15, 0.2) is 0 Å². The Morgan fingerprint density at radius 3 is 2.64 bits per heavy atom. The van der Waals surface area contributed by atoms with Crippen LogP contribution in [0.25, 0.3) is 0 Å². The van der Waals surface area contributed by atoms with Crippen molar-refractivity contribution in [1.82, 2.24) is 4.90 Å². The molecular weight excluding hydrogens is 140 g/mol. The van der Waals surface area contributed by atoms with Gasteiger partial charge in [0.15, 0.2) is 0 Å². The Balaban J connectivity index is 2.44. The third kappa shape index (κ3) is 1.93. The van der Waals surface area contributed by atoms with Crippen LogP contribution in [-0.2, 0) is 4.79 Å². The predicted molar refractivity (Wildman–Crippen MR) is 44.0 cm³/mol. The molecule has 0 aromatic heterocycles. The van der Waals surface area contributed by atoms with Gasteiger partial charge in [0.1, 0.15) is 1.37 Å². The molecule has 1 rings (SSSR count). The minimum absolute atomic E-state index is 0.186. The smallest absolute Gasteiger partial charge is 0.209 e. The predicted octanol–water partition coefficient (Wildman–Crippen LogP) is 0.204. The van der Waals surface area contributed by atoms with Gasteiger partial charge >= 0.3 is 0 Å². The van der Waals surface area contributed by atoms with E-state index in [1.165, 1.54) is 0 Å². The standard InChI is InChI=1S/C8H16N2O/c1-8(6-9)2-4-10(7-11)5-3-8/h7H,2-6,9H2,1H3/i7T. The summed E-state index contributed by atoms with van der Waals surface area (Å²) in [7, 11) is 0. The van der Waals surface area contributed by atoms with Gasteiger partial charge in [0.2, 0.25) is 6.39 Å². The molecule has 0 aromatic rings. The number of hydrogen-bond acceptors (Lipinski definition) is 2. The van der Waals surface area contributed by atoms with Crippen molar-refractivity contribution in [2.24, 2.45) is 11.1 Å². The third-order valence-electron chi connectivity index (χ3n) is 2.59. The quantitative estimate of drug-likeness (QED) is 0.554. The van der Waals surface area contributed by atoms with Crippen LogP contribution in [0.3, 0.4) is 0 Å². The highest BCUT2D eigenvalue weighted by atomic mass is 16.1. The summed E-state index contributed by atoms with van der Waals surface area (Å²) in [5.74, 6) is 0. The van der Waals surface area contributed by atoms with Gasteiger partial charge in [0.25, 0.3) is 0 Å². The lowest BCUT2D eigenvalue weighted by Gasteiger charge is -2.36. The van der Waals surface area contributed by atoms with Crippen LogP contribution >= 0.6 is 0 Å². The van der Waals surface area contributed by atoms with Crippen LogP contribution in [0.1, 0.15) is 21.1 Å². The largest absolute Gasteiger partial charge is 0.345 e. The number of carbonyl (C=O) groups excluding carboxylic acids is 1. The second kappa shape index (κ2) is 3.22. The lowest BCUT2D eigenvalue weighted by molar-refractivity contribution is -0.120. The first kappa shape index (κ1) is 7.10. The maximum absolute atomic E-state index is 10.7. The highest BCUT2D eigenvalue weighted by molar-refractivity contribution is 5.47. The van der Waals surface area contributed by atoms with Crippen molar-refractivity contribution in [1.29, 1.82) is 0 Å². The summed E-state index contributed by atoms with van der Waals surface area (Å²) in [5, 5.41) is 0. The van der Waals surface area contributed by atoms with E-state index in [4.69, 9.17) is 7.10 Å². The molecular formula is C8H16N2O. The molecule has 1 amide bonds. The Hall–Kier alpha value is -0.570. The van der Waals surface area contributed by atoms with Crippen molar-refractivity contribution in [2.75, 3.05) is 19.6 Å². The van der Waals surface area contributed by atoms with E-state index < -0.39 is 6.39 Å². The van der Waals surface area contributed by atoms with Gasteiger partial charge in [-0.1, -0.05) is 6.92 Å². The first-order valence-corrected chi connectivity index (χ1v) is 4.03. The van der Waals surface area contributed by atoms with Gasteiger partial charge in [0, 0.05) is 13.1 Å². The average Bonchev–Trinajstić information content (AvgIpc) is 2.05. The third-order valence-corrected chi connectivity index (χ3v) is 2.59. The SMILES string of the molecule is [3H]C(=O)N1CCC(C)(CN)CC1. The molecule has 64 valence electrons. The van der Waals surface area contributed by atoms with Crippen molar-refractivity contribution < 1.29 is 6.17 Å². The molecule has 11 heavy (non-hydrogen) atoms. The van der Waals surface area contributed by atoms with Crippen molar-refractivity contribution in [2.45, 2.75) is 19.8 Å². The Morgan fingerprint density at radius 1 is 1.73 bits per heavy atom. The number of likely N-dealkylation sites (tertiary alicyclic amines) is 1. The fourth-order valence-corrected chi connectivity index (χ4v) is 1.34. The molecule has 0 bridgehead atoms. The zero-order valence-corrected chi connectivity index (χ0v) is 6.97. The van der Waals surface area contributed by atoms with Gasteiger partial charge in [-0.2, -0.15) is 0 Å². The van der Waals surface area contributed by atoms with Gasteiger partial charge in [-0.3, -0.25) is 4.79 Å². The van der Waals surface area contributed by atoms with E-state index in [9.17, 15) is 4.79 Å². The molecule has 1 heterocycles. The van der Waals surface area contributed by atoms with Gasteiger partial charge in [-0.15, -0.1) is 0 Å². The van der Waals surface area contributed by atoms with Crippen LogP contribution in [0.4, 0.5) is 0 Å².